The minimum absolute atomic E-state index is 0.258. The molecular weight excluding hydrogens is 446 g/mol. The van der Waals surface area contributed by atoms with E-state index in [9.17, 15) is 4.79 Å². The van der Waals surface area contributed by atoms with Crippen LogP contribution in [0.4, 0.5) is 5.82 Å². The van der Waals surface area contributed by atoms with Crippen molar-refractivity contribution in [1.82, 2.24) is 19.6 Å². The largest absolute Gasteiger partial charge is 0.305 e. The predicted molar refractivity (Wildman–Crippen MR) is 134 cm³/mol. The molecule has 0 radical (unpaired) electrons. The number of amides is 1. The van der Waals surface area contributed by atoms with Gasteiger partial charge < -0.3 is 5.32 Å². The van der Waals surface area contributed by atoms with E-state index in [0.717, 1.165) is 22.5 Å². The molecule has 5 rings (SSSR count). The molecule has 0 saturated carbocycles. The van der Waals surface area contributed by atoms with E-state index < -0.39 is 0 Å². The number of hydrogen-bond donors (Lipinski definition) is 1. The second kappa shape index (κ2) is 9.37. The summed E-state index contributed by atoms with van der Waals surface area (Å²) in [5.41, 5.74) is 4.68. The van der Waals surface area contributed by atoms with Gasteiger partial charge in [-0.3, -0.25) is 9.48 Å². The SMILES string of the molecule is Cc1c(C(=O)Nc2ccn(Cc3cccc(Cl)c3)n2)c(-c2ccccc2)nn1-c1ccccc1. The van der Waals surface area contributed by atoms with Crippen molar-refractivity contribution in [1.29, 1.82) is 0 Å². The van der Waals surface area contributed by atoms with Crippen molar-refractivity contribution in [3.63, 3.8) is 0 Å². The van der Waals surface area contributed by atoms with Crippen molar-refractivity contribution in [2.45, 2.75) is 13.5 Å². The molecule has 7 heteroatoms. The molecule has 0 saturated heterocycles. The maximum absolute atomic E-state index is 13.5. The third kappa shape index (κ3) is 4.49. The Labute approximate surface area is 202 Å². The van der Waals surface area contributed by atoms with Gasteiger partial charge in [-0.1, -0.05) is 72.3 Å². The summed E-state index contributed by atoms with van der Waals surface area (Å²) in [5.74, 6) is 0.212. The standard InChI is InChI=1S/C27H22ClN5O/c1-19-25(26(21-10-4-2-5-11-21)31-33(19)23-13-6-3-7-14-23)27(34)29-24-15-16-32(30-24)18-20-9-8-12-22(28)17-20/h2-17H,18H2,1H3,(H,29,30,34). The average Bonchev–Trinajstić information content (AvgIpc) is 3.43. The molecule has 3 aromatic carbocycles. The Hall–Kier alpha value is -4.16. The van der Waals surface area contributed by atoms with E-state index in [1.165, 1.54) is 0 Å². The fourth-order valence-electron chi connectivity index (χ4n) is 3.91. The van der Waals surface area contributed by atoms with Crippen LogP contribution in [0.3, 0.4) is 0 Å². The number of benzene rings is 3. The van der Waals surface area contributed by atoms with E-state index in [0.29, 0.717) is 28.6 Å². The van der Waals surface area contributed by atoms with Crippen molar-refractivity contribution in [2.24, 2.45) is 0 Å². The van der Waals surface area contributed by atoms with Gasteiger partial charge in [0, 0.05) is 22.8 Å². The van der Waals surface area contributed by atoms with E-state index in [-0.39, 0.29) is 5.91 Å². The zero-order valence-corrected chi connectivity index (χ0v) is 19.3. The fraction of sp³-hybridized carbons (Fsp3) is 0.0741. The zero-order chi connectivity index (χ0) is 23.5. The van der Waals surface area contributed by atoms with Crippen LogP contribution < -0.4 is 5.32 Å². The highest BCUT2D eigenvalue weighted by atomic mass is 35.5. The minimum Gasteiger partial charge on any atom is -0.305 e. The molecule has 168 valence electrons. The molecule has 0 aliphatic carbocycles. The van der Waals surface area contributed by atoms with Crippen LogP contribution in [-0.4, -0.2) is 25.5 Å². The molecule has 0 atom stereocenters. The monoisotopic (exact) mass is 467 g/mol. The van der Waals surface area contributed by atoms with Crippen molar-refractivity contribution >= 4 is 23.3 Å². The Morgan fingerprint density at radius 3 is 2.38 bits per heavy atom. The van der Waals surface area contributed by atoms with E-state index in [4.69, 9.17) is 16.7 Å². The molecule has 1 amide bonds. The molecule has 1 N–H and O–H groups in total. The number of hydrogen-bond acceptors (Lipinski definition) is 3. The van der Waals surface area contributed by atoms with Gasteiger partial charge in [-0.15, -0.1) is 0 Å². The van der Waals surface area contributed by atoms with Gasteiger partial charge in [-0.25, -0.2) is 4.68 Å². The number of nitrogens with one attached hydrogen (secondary N) is 1. The molecule has 5 aromatic rings. The number of carbonyl (C=O) groups excluding carboxylic acids is 1. The van der Waals surface area contributed by atoms with Gasteiger partial charge in [-0.05, 0) is 36.8 Å². The summed E-state index contributed by atoms with van der Waals surface area (Å²) in [5, 5.41) is 12.9. The topological polar surface area (TPSA) is 64.7 Å². The summed E-state index contributed by atoms with van der Waals surface area (Å²) >= 11 is 6.08. The summed E-state index contributed by atoms with van der Waals surface area (Å²) in [4.78, 5) is 13.5. The highest BCUT2D eigenvalue weighted by Gasteiger charge is 2.23. The van der Waals surface area contributed by atoms with Crippen LogP contribution in [0.1, 0.15) is 21.6 Å². The number of para-hydroxylation sites is 1. The van der Waals surface area contributed by atoms with Crippen LogP contribution in [0, 0.1) is 6.92 Å². The molecule has 0 bridgehead atoms. The summed E-state index contributed by atoms with van der Waals surface area (Å²) in [6.45, 7) is 2.45. The maximum Gasteiger partial charge on any atom is 0.261 e. The summed E-state index contributed by atoms with van der Waals surface area (Å²) in [6, 6.07) is 28.9. The van der Waals surface area contributed by atoms with Crippen LogP contribution in [0.5, 0.6) is 0 Å². The van der Waals surface area contributed by atoms with E-state index >= 15 is 0 Å². The lowest BCUT2D eigenvalue weighted by Gasteiger charge is -2.06. The van der Waals surface area contributed by atoms with E-state index in [2.05, 4.69) is 10.4 Å². The first-order valence-corrected chi connectivity index (χ1v) is 11.3. The first-order chi connectivity index (χ1) is 16.6. The minimum atomic E-state index is -0.258. The Morgan fingerprint density at radius 1 is 0.912 bits per heavy atom. The second-order valence-electron chi connectivity index (χ2n) is 7.90. The Kier molecular flexibility index (Phi) is 5.97. The fourth-order valence-corrected chi connectivity index (χ4v) is 4.12. The molecule has 2 heterocycles. The van der Waals surface area contributed by atoms with Crippen LogP contribution in [0.25, 0.3) is 16.9 Å². The smallest absolute Gasteiger partial charge is 0.261 e. The number of halogens is 1. The van der Waals surface area contributed by atoms with Crippen molar-refractivity contribution in [3.05, 3.63) is 119 Å². The molecule has 0 spiro atoms. The van der Waals surface area contributed by atoms with Gasteiger partial charge in [0.25, 0.3) is 5.91 Å². The summed E-state index contributed by atoms with van der Waals surface area (Å²) in [7, 11) is 0. The van der Waals surface area contributed by atoms with Crippen LogP contribution in [0.2, 0.25) is 5.02 Å². The maximum atomic E-state index is 13.5. The lowest BCUT2D eigenvalue weighted by Crippen LogP contribution is -2.15. The van der Waals surface area contributed by atoms with E-state index in [1.807, 2.05) is 98.0 Å². The third-order valence-corrected chi connectivity index (χ3v) is 5.74. The molecular formula is C27H22ClN5O. The van der Waals surface area contributed by atoms with Gasteiger partial charge in [0.1, 0.15) is 5.69 Å². The Bertz CT molecular complexity index is 1440. The van der Waals surface area contributed by atoms with Crippen molar-refractivity contribution in [3.8, 4) is 16.9 Å². The summed E-state index contributed by atoms with van der Waals surface area (Å²) < 4.78 is 3.56. The van der Waals surface area contributed by atoms with Gasteiger partial charge >= 0.3 is 0 Å². The molecule has 0 unspecified atom stereocenters. The average molecular weight is 468 g/mol. The molecule has 0 aliphatic rings. The predicted octanol–water partition coefficient (Wildman–Crippen LogP) is 6.00. The first kappa shape index (κ1) is 21.7. The van der Waals surface area contributed by atoms with Gasteiger partial charge in [-0.2, -0.15) is 10.2 Å². The van der Waals surface area contributed by atoms with Gasteiger partial charge in [0.2, 0.25) is 0 Å². The van der Waals surface area contributed by atoms with Crippen molar-refractivity contribution < 1.29 is 4.79 Å². The highest BCUT2D eigenvalue weighted by molar-refractivity contribution is 6.30. The van der Waals surface area contributed by atoms with Gasteiger partial charge in [0.15, 0.2) is 5.82 Å². The lowest BCUT2D eigenvalue weighted by atomic mass is 10.1. The third-order valence-electron chi connectivity index (χ3n) is 5.51. The molecule has 0 fully saturated rings. The number of carbonyl (C=O) groups is 1. The zero-order valence-electron chi connectivity index (χ0n) is 18.5. The van der Waals surface area contributed by atoms with Gasteiger partial charge in [0.05, 0.1) is 23.5 Å². The van der Waals surface area contributed by atoms with Crippen molar-refractivity contribution in [2.75, 3.05) is 5.32 Å². The normalized spacial score (nSPS) is 10.9. The van der Waals surface area contributed by atoms with Crippen LogP contribution in [-0.2, 0) is 6.54 Å². The number of aromatic nitrogens is 4. The number of rotatable bonds is 6. The molecule has 0 aliphatic heterocycles. The van der Waals surface area contributed by atoms with Crippen LogP contribution >= 0.6 is 11.6 Å². The van der Waals surface area contributed by atoms with E-state index in [1.54, 1.807) is 15.4 Å². The molecule has 6 nitrogen and oxygen atoms in total. The number of nitrogens with zero attached hydrogens (tertiary/aromatic N) is 4. The first-order valence-electron chi connectivity index (χ1n) is 10.9. The molecule has 2 aromatic heterocycles. The summed E-state index contributed by atoms with van der Waals surface area (Å²) in [6.07, 6.45) is 1.83. The highest BCUT2D eigenvalue weighted by Crippen LogP contribution is 2.28. The Morgan fingerprint density at radius 2 is 1.65 bits per heavy atom. The number of anilines is 1. The Balaban J connectivity index is 1.46. The van der Waals surface area contributed by atoms with Crippen LogP contribution in [0.15, 0.2) is 97.2 Å². The lowest BCUT2D eigenvalue weighted by molar-refractivity contribution is 0.102. The molecule has 34 heavy (non-hydrogen) atoms. The quantitative estimate of drug-likeness (QED) is 0.333. The second-order valence-corrected chi connectivity index (χ2v) is 8.34.